The van der Waals surface area contributed by atoms with E-state index in [4.69, 9.17) is 0 Å². The van der Waals surface area contributed by atoms with Crippen molar-refractivity contribution in [1.82, 2.24) is 5.32 Å². The Morgan fingerprint density at radius 2 is 0.780 bits per heavy atom. The van der Waals surface area contributed by atoms with Crippen LogP contribution in [0.1, 0.15) is 232 Å². The van der Waals surface area contributed by atoms with Gasteiger partial charge in [0.05, 0.1) is 18.8 Å². The number of aliphatic hydroxyl groups excluding tert-OH is 2. The van der Waals surface area contributed by atoms with Crippen molar-refractivity contribution in [3.63, 3.8) is 0 Å². The highest BCUT2D eigenvalue weighted by atomic mass is 16.3. The lowest BCUT2D eigenvalue weighted by molar-refractivity contribution is -0.123. The number of unbranched alkanes of at least 4 members (excludes halogenated alkanes) is 29. The quantitative estimate of drug-likeness (QED) is 0.0440. The van der Waals surface area contributed by atoms with Gasteiger partial charge in [-0.1, -0.05) is 217 Å². The topological polar surface area (TPSA) is 69.6 Å². The van der Waals surface area contributed by atoms with Crippen LogP contribution in [0.15, 0.2) is 36.5 Å². The van der Waals surface area contributed by atoms with Gasteiger partial charge in [-0.05, 0) is 44.9 Å². The molecular weight excluding hydrogens is 615 g/mol. The zero-order chi connectivity index (χ0) is 36.4. The molecule has 0 heterocycles. The van der Waals surface area contributed by atoms with Gasteiger partial charge in [0, 0.05) is 6.42 Å². The summed E-state index contributed by atoms with van der Waals surface area (Å²) in [6, 6.07) is -0.641. The van der Waals surface area contributed by atoms with Crippen LogP contribution in [0, 0.1) is 0 Å². The van der Waals surface area contributed by atoms with E-state index in [-0.39, 0.29) is 12.5 Å². The van der Waals surface area contributed by atoms with Gasteiger partial charge in [-0.3, -0.25) is 4.79 Å². The molecule has 4 nitrogen and oxygen atoms in total. The van der Waals surface area contributed by atoms with Gasteiger partial charge in [0.1, 0.15) is 0 Å². The molecule has 0 spiro atoms. The molecule has 2 atom stereocenters. The van der Waals surface area contributed by atoms with Crippen LogP contribution in [0.25, 0.3) is 0 Å². The number of hydrogen-bond acceptors (Lipinski definition) is 3. The monoisotopic (exact) mass is 702 g/mol. The molecule has 50 heavy (non-hydrogen) atoms. The van der Waals surface area contributed by atoms with E-state index in [1.165, 1.54) is 173 Å². The van der Waals surface area contributed by atoms with Gasteiger partial charge in [-0.15, -0.1) is 0 Å². The summed E-state index contributed by atoms with van der Waals surface area (Å²) in [6.45, 7) is 4.29. The minimum atomic E-state index is -0.866. The van der Waals surface area contributed by atoms with Gasteiger partial charge < -0.3 is 15.5 Å². The Labute approximate surface area is 312 Å². The molecule has 0 saturated heterocycles. The van der Waals surface area contributed by atoms with Crippen LogP contribution < -0.4 is 5.32 Å². The standard InChI is InChI=1S/C46H87NO3/c1-3-5-7-9-11-13-15-16-17-18-19-20-21-22-23-24-25-26-27-28-29-30-32-33-35-37-39-41-45(49)44(43-48)47-46(50)42-40-38-36-34-31-14-12-10-8-6-4-2/h27-28,32-33,39,41,44-45,48-49H,3-26,29-31,34-38,40,42-43H2,1-2H3,(H,47,50)/b28-27+,33-32+,41-39+. The molecule has 3 N–H and O–H groups in total. The van der Waals surface area contributed by atoms with E-state index >= 15 is 0 Å². The van der Waals surface area contributed by atoms with Crippen LogP contribution >= 0.6 is 0 Å². The second kappa shape index (κ2) is 42.0. The molecule has 0 aliphatic heterocycles. The molecule has 0 aromatic heterocycles. The number of nitrogens with one attached hydrogen (secondary N) is 1. The van der Waals surface area contributed by atoms with Crippen molar-refractivity contribution in [2.45, 2.75) is 244 Å². The summed E-state index contributed by atoms with van der Waals surface area (Å²) >= 11 is 0. The molecule has 0 saturated carbocycles. The van der Waals surface area contributed by atoms with Crippen LogP contribution in [0.3, 0.4) is 0 Å². The van der Waals surface area contributed by atoms with Crippen LogP contribution in [-0.4, -0.2) is 34.9 Å². The van der Waals surface area contributed by atoms with Crippen molar-refractivity contribution < 1.29 is 15.0 Å². The number of aliphatic hydroxyl groups is 2. The molecule has 4 heteroatoms. The molecule has 2 unspecified atom stereocenters. The van der Waals surface area contributed by atoms with Crippen molar-refractivity contribution in [1.29, 1.82) is 0 Å². The Morgan fingerprint density at radius 1 is 0.460 bits per heavy atom. The fourth-order valence-corrected chi connectivity index (χ4v) is 6.68. The second-order valence-electron chi connectivity index (χ2n) is 15.1. The van der Waals surface area contributed by atoms with Gasteiger partial charge in [-0.25, -0.2) is 0 Å². The van der Waals surface area contributed by atoms with Crippen molar-refractivity contribution >= 4 is 5.91 Å². The summed E-state index contributed by atoms with van der Waals surface area (Å²) in [5, 5.41) is 22.9. The lowest BCUT2D eigenvalue weighted by Gasteiger charge is -2.19. The zero-order valence-corrected chi connectivity index (χ0v) is 33.7. The molecule has 294 valence electrons. The van der Waals surface area contributed by atoms with Gasteiger partial charge >= 0.3 is 0 Å². The first-order chi connectivity index (χ1) is 24.7. The van der Waals surface area contributed by atoms with Gasteiger partial charge in [0.15, 0.2) is 0 Å². The third-order valence-electron chi connectivity index (χ3n) is 10.1. The Kier molecular flexibility index (Phi) is 40.9. The molecule has 0 fully saturated rings. The number of carbonyl (C=O) groups is 1. The SMILES string of the molecule is CCCCCCCCCCCCCCCCCCC/C=C/CC/C=C/CC/C=C/C(O)C(CO)NC(=O)CCCCCCCCCCCCC. The van der Waals surface area contributed by atoms with Crippen LogP contribution in [-0.2, 0) is 4.79 Å². The van der Waals surface area contributed by atoms with E-state index in [0.717, 1.165) is 38.5 Å². The van der Waals surface area contributed by atoms with E-state index in [0.29, 0.717) is 6.42 Å². The van der Waals surface area contributed by atoms with E-state index in [1.54, 1.807) is 6.08 Å². The van der Waals surface area contributed by atoms with E-state index < -0.39 is 12.1 Å². The number of amides is 1. The predicted octanol–water partition coefficient (Wildman–Crippen LogP) is 13.8. The van der Waals surface area contributed by atoms with Gasteiger partial charge in [-0.2, -0.15) is 0 Å². The lowest BCUT2D eigenvalue weighted by Crippen LogP contribution is -2.45. The first-order valence-corrected chi connectivity index (χ1v) is 22.2. The maximum Gasteiger partial charge on any atom is 0.220 e. The number of rotatable bonds is 40. The fraction of sp³-hybridized carbons (Fsp3) is 0.848. The molecule has 0 radical (unpaired) electrons. The van der Waals surface area contributed by atoms with Crippen LogP contribution in [0.2, 0.25) is 0 Å². The maximum atomic E-state index is 12.3. The van der Waals surface area contributed by atoms with E-state index in [9.17, 15) is 15.0 Å². The van der Waals surface area contributed by atoms with Crippen molar-refractivity contribution in [2.75, 3.05) is 6.61 Å². The third kappa shape index (κ3) is 37.9. The first-order valence-electron chi connectivity index (χ1n) is 22.2. The van der Waals surface area contributed by atoms with Crippen molar-refractivity contribution in [2.24, 2.45) is 0 Å². The molecule has 0 aromatic rings. The Morgan fingerprint density at radius 3 is 1.16 bits per heavy atom. The Bertz CT molecular complexity index is 760. The smallest absolute Gasteiger partial charge is 0.220 e. The predicted molar refractivity (Wildman–Crippen MR) is 221 cm³/mol. The molecule has 0 aliphatic carbocycles. The maximum absolute atomic E-state index is 12.3. The molecule has 0 bridgehead atoms. The van der Waals surface area contributed by atoms with Gasteiger partial charge in [0.25, 0.3) is 0 Å². The highest BCUT2D eigenvalue weighted by Crippen LogP contribution is 2.15. The minimum Gasteiger partial charge on any atom is -0.394 e. The zero-order valence-electron chi connectivity index (χ0n) is 33.7. The summed E-state index contributed by atoms with van der Waals surface area (Å²) < 4.78 is 0. The highest BCUT2D eigenvalue weighted by Gasteiger charge is 2.17. The number of allylic oxidation sites excluding steroid dienone is 5. The Balaban J connectivity index is 3.58. The van der Waals surface area contributed by atoms with Crippen LogP contribution in [0.4, 0.5) is 0 Å². The second-order valence-corrected chi connectivity index (χ2v) is 15.1. The fourth-order valence-electron chi connectivity index (χ4n) is 6.68. The molecule has 0 rings (SSSR count). The summed E-state index contributed by atoms with van der Waals surface area (Å²) in [4.78, 5) is 12.3. The van der Waals surface area contributed by atoms with Crippen LogP contribution in [0.5, 0.6) is 0 Å². The molecular formula is C46H87NO3. The average Bonchev–Trinajstić information content (AvgIpc) is 3.12. The normalized spacial score (nSPS) is 13.3. The molecule has 0 aromatic carbocycles. The molecule has 0 aliphatic rings. The highest BCUT2D eigenvalue weighted by molar-refractivity contribution is 5.76. The summed E-state index contributed by atoms with van der Waals surface area (Å²) in [5.41, 5.74) is 0. The van der Waals surface area contributed by atoms with E-state index in [1.807, 2.05) is 6.08 Å². The van der Waals surface area contributed by atoms with Crippen molar-refractivity contribution in [3.8, 4) is 0 Å². The summed E-state index contributed by atoms with van der Waals surface area (Å²) in [7, 11) is 0. The third-order valence-corrected chi connectivity index (χ3v) is 10.1. The molecule has 1 amide bonds. The van der Waals surface area contributed by atoms with Crippen molar-refractivity contribution in [3.05, 3.63) is 36.5 Å². The number of hydrogen-bond donors (Lipinski definition) is 3. The summed E-state index contributed by atoms with van der Waals surface area (Å²) in [5.74, 6) is -0.0790. The van der Waals surface area contributed by atoms with Gasteiger partial charge in [0.2, 0.25) is 5.91 Å². The number of carbonyl (C=O) groups excluding carboxylic acids is 1. The first kappa shape index (κ1) is 48.6. The largest absolute Gasteiger partial charge is 0.394 e. The Hall–Kier alpha value is -1.39. The average molecular weight is 702 g/mol. The lowest BCUT2D eigenvalue weighted by atomic mass is 10.0. The van der Waals surface area contributed by atoms with E-state index in [2.05, 4.69) is 43.5 Å². The summed E-state index contributed by atoms with van der Waals surface area (Å²) in [6.07, 6.45) is 55.5. The minimum absolute atomic E-state index is 0.0790.